The molecule has 1 saturated carbocycles. The number of rotatable bonds is 5. The minimum absolute atomic E-state index is 0.125. The maximum atomic E-state index is 12.3. The molecule has 3 heterocycles. The Hall–Kier alpha value is -2.44. The number of likely N-dealkylation sites (tertiary alicyclic amines) is 1. The fourth-order valence-corrected chi connectivity index (χ4v) is 4.80. The number of nitrogens with zero attached hydrogens (tertiary/aromatic N) is 4. The average molecular weight is 398 g/mol. The zero-order valence-electron chi connectivity index (χ0n) is 17.7. The molecule has 1 N–H and O–H groups in total. The van der Waals surface area contributed by atoms with Gasteiger partial charge in [-0.15, -0.1) is 0 Å². The Kier molecular flexibility index (Phi) is 5.56. The van der Waals surface area contributed by atoms with Crippen LogP contribution >= 0.6 is 0 Å². The van der Waals surface area contributed by atoms with E-state index < -0.39 is 0 Å². The lowest BCUT2D eigenvalue weighted by Gasteiger charge is -2.14. The van der Waals surface area contributed by atoms with Crippen molar-refractivity contribution in [3.05, 3.63) is 28.7 Å². The first-order valence-corrected chi connectivity index (χ1v) is 10.8. The Balaban J connectivity index is 1.48. The number of amides is 2. The van der Waals surface area contributed by atoms with Crippen molar-refractivity contribution < 1.29 is 9.59 Å². The first-order valence-electron chi connectivity index (χ1n) is 10.8. The maximum absolute atomic E-state index is 12.3. The number of hydrogen-bond donors (Lipinski definition) is 1. The van der Waals surface area contributed by atoms with Gasteiger partial charge in [0, 0.05) is 55.8 Å². The standard InChI is InChI=1S/C22H31N5O2/c1-14-19(8-9-22(29)24-18-6-4-5-7-18)15(2)27-21(23-14)12-20(25-27)17-10-11-26(13-17)16(3)28/h12,17-18H,4-11,13H2,1-3H3,(H,24,29)/t17-/m0/s1. The molecule has 2 aliphatic rings. The lowest BCUT2D eigenvalue weighted by molar-refractivity contribution is -0.127. The molecule has 0 radical (unpaired) electrons. The van der Waals surface area contributed by atoms with Gasteiger partial charge in [-0.1, -0.05) is 12.8 Å². The molecule has 1 atom stereocenters. The van der Waals surface area contributed by atoms with Crippen LogP contribution in [0.15, 0.2) is 6.07 Å². The van der Waals surface area contributed by atoms with Crippen LogP contribution in [0.2, 0.25) is 0 Å². The van der Waals surface area contributed by atoms with Crippen LogP contribution in [0.4, 0.5) is 0 Å². The average Bonchev–Trinajstić information content (AvgIpc) is 3.41. The summed E-state index contributed by atoms with van der Waals surface area (Å²) < 4.78 is 1.91. The van der Waals surface area contributed by atoms with E-state index in [0.29, 0.717) is 18.9 Å². The summed E-state index contributed by atoms with van der Waals surface area (Å²) >= 11 is 0. The number of fused-ring (bicyclic) bond motifs is 1. The van der Waals surface area contributed by atoms with Gasteiger partial charge in [-0.3, -0.25) is 9.59 Å². The predicted molar refractivity (Wildman–Crippen MR) is 111 cm³/mol. The quantitative estimate of drug-likeness (QED) is 0.841. The van der Waals surface area contributed by atoms with Gasteiger partial charge in [-0.25, -0.2) is 9.50 Å². The SMILES string of the molecule is CC(=O)N1CC[C@H](c2cc3nc(C)c(CCC(=O)NC4CCCC4)c(C)n3n2)C1. The van der Waals surface area contributed by atoms with Gasteiger partial charge >= 0.3 is 0 Å². The normalized spacial score (nSPS) is 20.0. The van der Waals surface area contributed by atoms with Crippen molar-refractivity contribution in [3.63, 3.8) is 0 Å². The van der Waals surface area contributed by atoms with Crippen molar-refractivity contribution in [3.8, 4) is 0 Å². The van der Waals surface area contributed by atoms with Crippen molar-refractivity contribution in [1.29, 1.82) is 0 Å². The molecule has 1 aliphatic carbocycles. The van der Waals surface area contributed by atoms with E-state index in [1.165, 1.54) is 12.8 Å². The molecule has 2 amide bonds. The number of aryl methyl sites for hydroxylation is 2. The van der Waals surface area contributed by atoms with Crippen molar-refractivity contribution >= 4 is 17.5 Å². The van der Waals surface area contributed by atoms with Gasteiger partial charge < -0.3 is 10.2 Å². The summed E-state index contributed by atoms with van der Waals surface area (Å²) in [5.41, 5.74) is 4.96. The van der Waals surface area contributed by atoms with E-state index in [0.717, 1.165) is 60.6 Å². The molecule has 7 nitrogen and oxygen atoms in total. The Morgan fingerprint density at radius 2 is 1.97 bits per heavy atom. The van der Waals surface area contributed by atoms with Gasteiger partial charge in [0.15, 0.2) is 5.65 Å². The minimum Gasteiger partial charge on any atom is -0.353 e. The minimum atomic E-state index is 0.125. The summed E-state index contributed by atoms with van der Waals surface area (Å²) in [5, 5.41) is 7.98. The second-order valence-corrected chi connectivity index (χ2v) is 8.60. The number of carbonyl (C=O) groups excluding carboxylic acids is 2. The fraction of sp³-hybridized carbons (Fsp3) is 0.636. The van der Waals surface area contributed by atoms with Gasteiger partial charge in [-0.2, -0.15) is 5.10 Å². The van der Waals surface area contributed by atoms with Crippen molar-refractivity contribution in [2.24, 2.45) is 0 Å². The summed E-state index contributed by atoms with van der Waals surface area (Å²) in [6, 6.07) is 2.41. The molecule has 1 aliphatic heterocycles. The molecule has 2 aromatic heterocycles. The fourth-order valence-electron chi connectivity index (χ4n) is 4.80. The molecule has 156 valence electrons. The van der Waals surface area contributed by atoms with E-state index in [-0.39, 0.29) is 17.7 Å². The molecule has 2 aromatic rings. The van der Waals surface area contributed by atoms with E-state index >= 15 is 0 Å². The molecule has 0 bridgehead atoms. The van der Waals surface area contributed by atoms with Gasteiger partial charge in [0.25, 0.3) is 0 Å². The van der Waals surface area contributed by atoms with Gasteiger partial charge in [0.1, 0.15) is 0 Å². The van der Waals surface area contributed by atoms with Crippen LogP contribution < -0.4 is 5.32 Å². The summed E-state index contributed by atoms with van der Waals surface area (Å²) in [6.07, 6.45) is 6.75. The lowest BCUT2D eigenvalue weighted by atomic mass is 10.1. The third-order valence-corrected chi connectivity index (χ3v) is 6.56. The zero-order chi connectivity index (χ0) is 20.5. The lowest BCUT2D eigenvalue weighted by Crippen LogP contribution is -2.32. The van der Waals surface area contributed by atoms with Crippen molar-refractivity contribution in [2.45, 2.75) is 77.7 Å². The first kappa shape index (κ1) is 19.9. The number of nitrogens with one attached hydrogen (secondary N) is 1. The highest BCUT2D eigenvalue weighted by Crippen LogP contribution is 2.28. The third-order valence-electron chi connectivity index (χ3n) is 6.56. The highest BCUT2D eigenvalue weighted by Gasteiger charge is 2.28. The summed E-state index contributed by atoms with van der Waals surface area (Å²) in [5.74, 6) is 0.521. The van der Waals surface area contributed by atoms with Crippen LogP contribution in [0.1, 0.15) is 74.0 Å². The van der Waals surface area contributed by atoms with Crippen molar-refractivity contribution in [2.75, 3.05) is 13.1 Å². The molecule has 0 aromatic carbocycles. The summed E-state index contributed by atoms with van der Waals surface area (Å²) in [6.45, 7) is 7.21. The number of hydrogen-bond acceptors (Lipinski definition) is 4. The van der Waals surface area contributed by atoms with E-state index in [4.69, 9.17) is 10.1 Å². The molecule has 1 saturated heterocycles. The molecule has 7 heteroatoms. The Labute approximate surface area is 171 Å². The topological polar surface area (TPSA) is 79.6 Å². The van der Waals surface area contributed by atoms with Crippen molar-refractivity contribution in [1.82, 2.24) is 24.8 Å². The van der Waals surface area contributed by atoms with Crippen LogP contribution in [-0.4, -0.2) is 50.4 Å². The summed E-state index contributed by atoms with van der Waals surface area (Å²) in [4.78, 5) is 30.6. The number of carbonyl (C=O) groups is 2. The maximum Gasteiger partial charge on any atom is 0.220 e. The second-order valence-electron chi connectivity index (χ2n) is 8.60. The van der Waals surface area contributed by atoms with E-state index in [2.05, 4.69) is 12.2 Å². The van der Waals surface area contributed by atoms with E-state index in [1.54, 1.807) is 6.92 Å². The van der Waals surface area contributed by atoms with Gasteiger partial charge in [-0.05, 0) is 45.1 Å². The Morgan fingerprint density at radius 1 is 1.21 bits per heavy atom. The van der Waals surface area contributed by atoms with Crippen LogP contribution in [0.3, 0.4) is 0 Å². The summed E-state index contributed by atoms with van der Waals surface area (Å²) in [7, 11) is 0. The Morgan fingerprint density at radius 3 is 2.66 bits per heavy atom. The van der Waals surface area contributed by atoms with E-state index in [1.807, 2.05) is 22.4 Å². The molecule has 29 heavy (non-hydrogen) atoms. The number of aromatic nitrogens is 3. The van der Waals surface area contributed by atoms with Gasteiger partial charge in [0.2, 0.25) is 11.8 Å². The van der Waals surface area contributed by atoms with Crippen LogP contribution in [0.25, 0.3) is 5.65 Å². The molecule has 0 unspecified atom stereocenters. The van der Waals surface area contributed by atoms with E-state index in [9.17, 15) is 9.59 Å². The smallest absolute Gasteiger partial charge is 0.220 e. The molecule has 4 rings (SSSR count). The predicted octanol–water partition coefficient (Wildman–Crippen LogP) is 2.67. The first-order chi connectivity index (χ1) is 13.9. The molecule has 0 spiro atoms. The van der Waals surface area contributed by atoms with Crippen LogP contribution in [0, 0.1) is 13.8 Å². The van der Waals surface area contributed by atoms with Crippen LogP contribution in [-0.2, 0) is 16.0 Å². The van der Waals surface area contributed by atoms with Crippen LogP contribution in [0.5, 0.6) is 0 Å². The molecular weight excluding hydrogens is 366 g/mol. The monoisotopic (exact) mass is 397 g/mol. The highest BCUT2D eigenvalue weighted by molar-refractivity contribution is 5.76. The second kappa shape index (κ2) is 8.13. The highest BCUT2D eigenvalue weighted by atomic mass is 16.2. The molecular formula is C22H31N5O2. The largest absolute Gasteiger partial charge is 0.353 e. The third kappa shape index (κ3) is 4.14. The Bertz CT molecular complexity index is 929. The van der Waals surface area contributed by atoms with Gasteiger partial charge in [0.05, 0.1) is 5.69 Å². The zero-order valence-corrected chi connectivity index (χ0v) is 17.7. The molecule has 2 fully saturated rings.